The van der Waals surface area contributed by atoms with Gasteiger partial charge in [0.25, 0.3) is 0 Å². The van der Waals surface area contributed by atoms with Crippen molar-refractivity contribution < 1.29 is 14.3 Å². The summed E-state index contributed by atoms with van der Waals surface area (Å²) in [5.41, 5.74) is 0.560. The highest BCUT2D eigenvalue weighted by atomic mass is 32.1. The zero-order chi connectivity index (χ0) is 19.4. The number of hydrogen-bond acceptors (Lipinski definition) is 5. The van der Waals surface area contributed by atoms with Crippen LogP contribution < -0.4 is 5.32 Å². The summed E-state index contributed by atoms with van der Waals surface area (Å²) < 4.78 is 5.23. The third kappa shape index (κ3) is 5.63. The topological polar surface area (TPSA) is 68.3 Å². The molecule has 0 atom stereocenters. The molecule has 0 aliphatic heterocycles. The first kappa shape index (κ1) is 19.5. The molecule has 1 fully saturated rings. The maximum Gasteiger partial charge on any atom is 0.407 e. The number of thiazole rings is 1. The third-order valence-corrected chi connectivity index (χ3v) is 5.63. The van der Waals surface area contributed by atoms with E-state index >= 15 is 0 Å². The molecule has 1 aliphatic carbocycles. The normalized spacial score (nSPS) is 19.2. The van der Waals surface area contributed by atoms with Crippen LogP contribution in [0.3, 0.4) is 0 Å². The number of carbonyl (C=O) groups is 2. The molecule has 1 saturated carbocycles. The molecule has 5 nitrogen and oxygen atoms in total. The van der Waals surface area contributed by atoms with Gasteiger partial charge in [-0.2, -0.15) is 0 Å². The number of nitrogens with one attached hydrogen (secondary N) is 1. The molecule has 0 radical (unpaired) electrons. The van der Waals surface area contributed by atoms with E-state index in [2.05, 4.69) is 10.3 Å². The van der Waals surface area contributed by atoms with Gasteiger partial charge in [0.1, 0.15) is 10.6 Å². The van der Waals surface area contributed by atoms with Gasteiger partial charge in [-0.15, -0.1) is 11.3 Å². The summed E-state index contributed by atoms with van der Waals surface area (Å²) in [4.78, 5) is 29.3. The molecule has 1 aromatic carbocycles. The summed E-state index contributed by atoms with van der Waals surface area (Å²) >= 11 is 1.46. The fourth-order valence-corrected chi connectivity index (χ4v) is 4.10. The van der Waals surface area contributed by atoms with Gasteiger partial charge in [-0.3, -0.25) is 4.79 Å². The van der Waals surface area contributed by atoms with Crippen molar-refractivity contribution in [3.05, 3.63) is 41.4 Å². The highest BCUT2D eigenvalue weighted by Crippen LogP contribution is 2.37. The second-order valence-corrected chi connectivity index (χ2v) is 9.14. The van der Waals surface area contributed by atoms with E-state index in [0.29, 0.717) is 24.8 Å². The maximum absolute atomic E-state index is 12.5. The number of nitrogens with zero attached hydrogens (tertiary/aromatic N) is 1. The molecular weight excluding hydrogens is 360 g/mol. The number of benzene rings is 1. The van der Waals surface area contributed by atoms with Gasteiger partial charge in [-0.1, -0.05) is 30.3 Å². The van der Waals surface area contributed by atoms with Gasteiger partial charge in [0.15, 0.2) is 5.78 Å². The summed E-state index contributed by atoms with van der Waals surface area (Å²) in [6.45, 7) is 6.15. The van der Waals surface area contributed by atoms with Crippen molar-refractivity contribution in [3.63, 3.8) is 0 Å². The Balaban J connectivity index is 1.41. The molecule has 144 valence electrons. The largest absolute Gasteiger partial charge is 0.444 e. The fraction of sp³-hybridized carbons (Fsp3) is 0.476. The third-order valence-electron chi connectivity index (χ3n) is 4.54. The second-order valence-electron chi connectivity index (χ2n) is 8.11. The van der Waals surface area contributed by atoms with Crippen LogP contribution in [0, 0.1) is 11.8 Å². The molecule has 27 heavy (non-hydrogen) atoms. The lowest BCUT2D eigenvalue weighted by Gasteiger charge is -2.35. The SMILES string of the molecule is CC(C)(C)OC(=O)NCC1CC(CC(=O)c2cnc(-c3ccccc3)s2)C1. The van der Waals surface area contributed by atoms with E-state index in [1.165, 1.54) is 11.3 Å². The molecular formula is C21H26N2O3S. The lowest BCUT2D eigenvalue weighted by molar-refractivity contribution is 0.0492. The zero-order valence-corrected chi connectivity index (χ0v) is 16.8. The quantitative estimate of drug-likeness (QED) is 0.715. The van der Waals surface area contributed by atoms with Crippen molar-refractivity contribution in [2.24, 2.45) is 11.8 Å². The predicted molar refractivity (Wildman–Crippen MR) is 107 cm³/mol. The van der Waals surface area contributed by atoms with Crippen LogP contribution in [0.5, 0.6) is 0 Å². The number of amides is 1. The molecule has 1 aliphatic rings. The highest BCUT2D eigenvalue weighted by molar-refractivity contribution is 7.16. The van der Waals surface area contributed by atoms with Gasteiger partial charge < -0.3 is 10.1 Å². The van der Waals surface area contributed by atoms with E-state index in [-0.39, 0.29) is 11.9 Å². The van der Waals surface area contributed by atoms with Gasteiger partial charge in [0.2, 0.25) is 0 Å². The summed E-state index contributed by atoms with van der Waals surface area (Å²) in [5.74, 6) is 0.986. The van der Waals surface area contributed by atoms with Gasteiger partial charge in [0.05, 0.1) is 4.88 Å². The molecule has 1 N–H and O–H groups in total. The minimum absolute atomic E-state index is 0.165. The van der Waals surface area contributed by atoms with E-state index < -0.39 is 5.60 Å². The Hall–Kier alpha value is -2.21. The smallest absolute Gasteiger partial charge is 0.407 e. The first-order chi connectivity index (χ1) is 12.8. The Kier molecular flexibility index (Phi) is 5.95. The van der Waals surface area contributed by atoms with Crippen LogP contribution >= 0.6 is 11.3 Å². The monoisotopic (exact) mass is 386 g/mol. The molecule has 1 amide bonds. The minimum atomic E-state index is -0.480. The Labute approximate surface area is 164 Å². The van der Waals surface area contributed by atoms with E-state index in [1.807, 2.05) is 51.1 Å². The molecule has 6 heteroatoms. The lowest BCUT2D eigenvalue weighted by atomic mass is 9.72. The Morgan fingerprint density at radius 3 is 2.56 bits per heavy atom. The minimum Gasteiger partial charge on any atom is -0.444 e. The van der Waals surface area contributed by atoms with Crippen LogP contribution in [0.4, 0.5) is 4.79 Å². The van der Waals surface area contributed by atoms with Crippen molar-refractivity contribution in [1.29, 1.82) is 0 Å². The lowest BCUT2D eigenvalue weighted by Crippen LogP contribution is -2.39. The zero-order valence-electron chi connectivity index (χ0n) is 16.0. The highest BCUT2D eigenvalue weighted by Gasteiger charge is 2.31. The Morgan fingerprint density at radius 2 is 1.89 bits per heavy atom. The summed E-state index contributed by atoms with van der Waals surface area (Å²) in [7, 11) is 0. The standard InChI is InChI=1S/C21H26N2O3S/c1-21(2,3)26-20(25)23-12-15-9-14(10-15)11-17(24)18-13-22-19(27-18)16-7-5-4-6-8-16/h4-8,13-15H,9-12H2,1-3H3,(H,23,25). The van der Waals surface area contributed by atoms with Crippen LogP contribution in [0.25, 0.3) is 10.6 Å². The van der Waals surface area contributed by atoms with Gasteiger partial charge in [-0.25, -0.2) is 9.78 Å². The number of rotatable bonds is 6. The number of alkyl carbamates (subject to hydrolysis) is 1. The van der Waals surface area contributed by atoms with Crippen molar-refractivity contribution in [1.82, 2.24) is 10.3 Å². The number of carbonyl (C=O) groups excluding carboxylic acids is 2. The number of ketones is 1. The van der Waals surface area contributed by atoms with Crippen LogP contribution in [-0.4, -0.2) is 29.0 Å². The Bertz CT molecular complexity index is 789. The molecule has 1 heterocycles. The van der Waals surface area contributed by atoms with E-state index in [0.717, 1.165) is 28.3 Å². The first-order valence-electron chi connectivity index (χ1n) is 9.31. The maximum atomic E-state index is 12.5. The fourth-order valence-electron chi connectivity index (χ4n) is 3.23. The molecule has 0 saturated heterocycles. The molecule has 0 spiro atoms. The number of Topliss-reactive ketones (excluding diaryl/α,β-unsaturated/α-hetero) is 1. The molecule has 0 bridgehead atoms. The first-order valence-corrected chi connectivity index (χ1v) is 10.1. The van der Waals surface area contributed by atoms with Crippen molar-refractivity contribution in [3.8, 4) is 10.6 Å². The molecule has 0 unspecified atom stereocenters. The van der Waals surface area contributed by atoms with Crippen molar-refractivity contribution in [2.75, 3.05) is 6.54 Å². The van der Waals surface area contributed by atoms with Crippen LogP contribution in [0.2, 0.25) is 0 Å². The molecule has 3 rings (SSSR count). The summed E-state index contributed by atoms with van der Waals surface area (Å²) in [5, 5.41) is 3.70. The van der Waals surface area contributed by atoms with Crippen molar-refractivity contribution >= 4 is 23.2 Å². The average molecular weight is 387 g/mol. The molecule has 1 aromatic heterocycles. The van der Waals surface area contributed by atoms with Crippen molar-refractivity contribution in [2.45, 2.75) is 45.6 Å². The van der Waals surface area contributed by atoms with E-state index in [1.54, 1.807) is 6.20 Å². The predicted octanol–water partition coefficient (Wildman–Crippen LogP) is 4.93. The van der Waals surface area contributed by atoms with Crippen LogP contribution in [-0.2, 0) is 4.74 Å². The second kappa shape index (κ2) is 8.21. The van der Waals surface area contributed by atoms with Gasteiger partial charge >= 0.3 is 6.09 Å². The van der Waals surface area contributed by atoms with Gasteiger partial charge in [-0.05, 0) is 45.4 Å². The summed E-state index contributed by atoms with van der Waals surface area (Å²) in [6, 6.07) is 9.91. The van der Waals surface area contributed by atoms with E-state index in [9.17, 15) is 9.59 Å². The molecule has 2 aromatic rings. The van der Waals surface area contributed by atoms with E-state index in [4.69, 9.17) is 4.74 Å². The number of hydrogen-bond donors (Lipinski definition) is 1. The summed E-state index contributed by atoms with van der Waals surface area (Å²) in [6.07, 6.45) is 3.80. The number of ether oxygens (including phenoxy) is 1. The Morgan fingerprint density at radius 1 is 1.19 bits per heavy atom. The van der Waals surface area contributed by atoms with Gasteiger partial charge in [0, 0.05) is 24.7 Å². The number of aromatic nitrogens is 1. The van der Waals surface area contributed by atoms with Crippen LogP contribution in [0.15, 0.2) is 36.5 Å². The van der Waals surface area contributed by atoms with Crippen LogP contribution in [0.1, 0.15) is 49.7 Å². The average Bonchev–Trinajstić information content (AvgIpc) is 3.06.